The maximum absolute atomic E-state index is 13.8. The van der Waals surface area contributed by atoms with Crippen molar-refractivity contribution in [3.8, 4) is 34.2 Å². The molecule has 5 aromatic rings. The second kappa shape index (κ2) is 7.38. The predicted molar refractivity (Wildman–Crippen MR) is 120 cm³/mol. The van der Waals surface area contributed by atoms with Gasteiger partial charge in [0.2, 0.25) is 0 Å². The number of halogens is 3. The third kappa shape index (κ3) is 3.04. The zero-order valence-electron chi connectivity index (χ0n) is 17.9. The molecule has 0 amide bonds. The molecule has 0 fully saturated rings. The van der Waals surface area contributed by atoms with Crippen LogP contribution in [-0.2, 0) is 6.18 Å². The monoisotopic (exact) mass is 458 g/mol. The lowest BCUT2D eigenvalue weighted by atomic mass is 10.1. The number of fused-ring (bicyclic) bond motifs is 5. The van der Waals surface area contributed by atoms with Crippen LogP contribution in [0.3, 0.4) is 0 Å². The minimum Gasteiger partial charge on any atom is -0.276 e. The Hall–Kier alpha value is -4.27. The van der Waals surface area contributed by atoms with E-state index in [1.54, 1.807) is 4.57 Å². The minimum atomic E-state index is -4.51. The van der Waals surface area contributed by atoms with Crippen molar-refractivity contribution < 1.29 is 13.2 Å². The van der Waals surface area contributed by atoms with E-state index in [0.717, 1.165) is 23.3 Å². The third-order valence-corrected chi connectivity index (χ3v) is 6.00. The lowest BCUT2D eigenvalue weighted by Crippen LogP contribution is -2.10. The van der Waals surface area contributed by atoms with Crippen LogP contribution in [0.1, 0.15) is 30.1 Å². The second-order valence-electron chi connectivity index (χ2n) is 8.09. The fourth-order valence-electron chi connectivity index (χ4n) is 4.36. The maximum atomic E-state index is 13.8. The first-order valence-electron chi connectivity index (χ1n) is 10.7. The van der Waals surface area contributed by atoms with E-state index >= 15 is 0 Å². The van der Waals surface area contributed by atoms with Gasteiger partial charge in [-0.15, -0.1) is 20.4 Å². The zero-order valence-corrected chi connectivity index (χ0v) is 17.9. The van der Waals surface area contributed by atoms with Crippen molar-refractivity contribution in [1.82, 2.24) is 29.5 Å². The molecule has 1 unspecified atom stereocenters. The Balaban J connectivity index is 1.70. The predicted octanol–water partition coefficient (Wildman–Crippen LogP) is 5.67. The van der Waals surface area contributed by atoms with Crippen molar-refractivity contribution in [2.75, 3.05) is 0 Å². The van der Waals surface area contributed by atoms with E-state index in [0.29, 0.717) is 34.7 Å². The lowest BCUT2D eigenvalue weighted by Gasteiger charge is -2.17. The SMILES string of the molecule is CC1c2nnc(-c3ccccc3)n2-c2ccc(C(F)(F)F)cc2-n2c(-c3ccccc3)nnc21. The summed E-state index contributed by atoms with van der Waals surface area (Å²) in [7, 11) is 0. The summed E-state index contributed by atoms with van der Waals surface area (Å²) in [4.78, 5) is 0. The van der Waals surface area contributed by atoms with Gasteiger partial charge in [-0.05, 0) is 25.1 Å². The summed E-state index contributed by atoms with van der Waals surface area (Å²) in [5, 5.41) is 17.6. The van der Waals surface area contributed by atoms with Gasteiger partial charge in [0.15, 0.2) is 11.6 Å². The first-order valence-corrected chi connectivity index (χ1v) is 10.7. The van der Waals surface area contributed by atoms with Crippen LogP contribution in [0, 0.1) is 0 Å². The van der Waals surface area contributed by atoms with Crippen LogP contribution in [0.15, 0.2) is 78.9 Å². The van der Waals surface area contributed by atoms with E-state index in [4.69, 9.17) is 0 Å². The molecule has 0 radical (unpaired) electrons. The quantitative estimate of drug-likeness (QED) is 0.342. The molecule has 9 heteroatoms. The molecule has 0 bridgehead atoms. The molecule has 0 aliphatic carbocycles. The Morgan fingerprint density at radius 3 is 1.65 bits per heavy atom. The number of aromatic nitrogens is 6. The Bertz CT molecular complexity index is 1500. The molecule has 168 valence electrons. The summed E-state index contributed by atoms with van der Waals surface area (Å²) >= 11 is 0. The summed E-state index contributed by atoms with van der Waals surface area (Å²) in [6.07, 6.45) is -4.51. The molecule has 1 atom stereocenters. The van der Waals surface area contributed by atoms with Crippen molar-refractivity contribution in [2.45, 2.75) is 19.0 Å². The minimum absolute atomic E-state index is 0.316. The lowest BCUT2D eigenvalue weighted by molar-refractivity contribution is -0.137. The Morgan fingerprint density at radius 1 is 0.647 bits per heavy atom. The van der Waals surface area contributed by atoms with Crippen molar-refractivity contribution >= 4 is 0 Å². The highest BCUT2D eigenvalue weighted by atomic mass is 19.4. The summed E-state index contributed by atoms with van der Waals surface area (Å²) < 4.78 is 44.8. The van der Waals surface area contributed by atoms with Crippen LogP contribution in [0.5, 0.6) is 0 Å². The van der Waals surface area contributed by atoms with E-state index in [-0.39, 0.29) is 5.92 Å². The molecule has 0 spiro atoms. The molecular weight excluding hydrogens is 441 g/mol. The zero-order chi connectivity index (χ0) is 23.4. The van der Waals surface area contributed by atoms with Crippen molar-refractivity contribution in [3.05, 3.63) is 96.1 Å². The molecule has 0 N–H and O–H groups in total. The standard InChI is InChI=1S/C25H17F3N6/c1-15-21-29-31-23(16-8-4-2-5-9-16)33(21)19-13-12-18(25(26,27)28)14-20(19)34-22(15)30-32-24(34)17-10-6-3-7-11-17/h2-15H,1H3. The summed E-state index contributed by atoms with van der Waals surface area (Å²) in [5.41, 5.74) is 1.64. The van der Waals surface area contributed by atoms with Crippen molar-refractivity contribution in [3.63, 3.8) is 0 Å². The number of hydrogen-bond acceptors (Lipinski definition) is 4. The van der Waals surface area contributed by atoms with Crippen LogP contribution in [0.4, 0.5) is 13.2 Å². The van der Waals surface area contributed by atoms with Crippen LogP contribution >= 0.6 is 0 Å². The molecule has 0 saturated carbocycles. The molecule has 3 heterocycles. The smallest absolute Gasteiger partial charge is 0.276 e. The molecule has 1 aliphatic heterocycles. The molecule has 0 saturated heterocycles. The molecule has 2 aromatic heterocycles. The number of hydrogen-bond donors (Lipinski definition) is 0. The number of alkyl halides is 3. The third-order valence-electron chi connectivity index (χ3n) is 6.00. The van der Waals surface area contributed by atoms with Gasteiger partial charge in [0.1, 0.15) is 11.6 Å². The van der Waals surface area contributed by atoms with Gasteiger partial charge in [0.25, 0.3) is 0 Å². The second-order valence-corrected chi connectivity index (χ2v) is 8.09. The summed E-state index contributed by atoms with van der Waals surface area (Å²) in [5.74, 6) is 1.69. The van der Waals surface area contributed by atoms with Crippen molar-refractivity contribution in [2.24, 2.45) is 0 Å². The van der Waals surface area contributed by atoms with Gasteiger partial charge in [-0.3, -0.25) is 9.13 Å². The first kappa shape index (κ1) is 20.3. The van der Waals surface area contributed by atoms with E-state index in [2.05, 4.69) is 20.4 Å². The molecular formula is C25H17F3N6. The first-order chi connectivity index (χ1) is 16.4. The van der Waals surface area contributed by atoms with Gasteiger partial charge < -0.3 is 0 Å². The van der Waals surface area contributed by atoms with E-state index < -0.39 is 11.7 Å². The van der Waals surface area contributed by atoms with Gasteiger partial charge >= 0.3 is 6.18 Å². The Kier molecular flexibility index (Phi) is 4.41. The van der Waals surface area contributed by atoms with Gasteiger partial charge in [0.05, 0.1) is 22.9 Å². The molecule has 6 nitrogen and oxygen atoms in total. The van der Waals surface area contributed by atoms with E-state index in [9.17, 15) is 13.2 Å². The summed E-state index contributed by atoms with van der Waals surface area (Å²) in [6, 6.07) is 22.4. The highest BCUT2D eigenvalue weighted by Crippen LogP contribution is 2.41. The molecule has 6 rings (SSSR count). The Morgan fingerprint density at radius 2 is 1.15 bits per heavy atom. The van der Waals surface area contributed by atoms with Gasteiger partial charge in [-0.25, -0.2) is 0 Å². The fourth-order valence-corrected chi connectivity index (χ4v) is 4.36. The van der Waals surface area contributed by atoms with Crippen LogP contribution < -0.4 is 0 Å². The van der Waals surface area contributed by atoms with Crippen LogP contribution in [0.2, 0.25) is 0 Å². The molecule has 3 aromatic carbocycles. The number of rotatable bonds is 2. The van der Waals surface area contributed by atoms with Gasteiger partial charge in [-0.2, -0.15) is 13.2 Å². The average molecular weight is 458 g/mol. The fraction of sp³-hybridized carbons (Fsp3) is 0.120. The normalized spacial score (nSPS) is 14.8. The highest BCUT2D eigenvalue weighted by molar-refractivity contribution is 5.68. The van der Waals surface area contributed by atoms with Gasteiger partial charge in [0, 0.05) is 11.1 Å². The topological polar surface area (TPSA) is 61.4 Å². The largest absolute Gasteiger partial charge is 0.416 e. The number of nitrogens with zero attached hydrogens (tertiary/aromatic N) is 6. The maximum Gasteiger partial charge on any atom is 0.416 e. The van der Waals surface area contributed by atoms with Crippen molar-refractivity contribution in [1.29, 1.82) is 0 Å². The van der Waals surface area contributed by atoms with Crippen LogP contribution in [0.25, 0.3) is 34.2 Å². The molecule has 34 heavy (non-hydrogen) atoms. The summed E-state index contributed by atoms with van der Waals surface area (Å²) in [6.45, 7) is 1.90. The highest BCUT2D eigenvalue weighted by Gasteiger charge is 2.36. The number of benzene rings is 3. The average Bonchev–Trinajstić information content (AvgIpc) is 3.47. The van der Waals surface area contributed by atoms with E-state index in [1.165, 1.54) is 6.07 Å². The van der Waals surface area contributed by atoms with E-state index in [1.807, 2.05) is 72.2 Å². The molecule has 1 aliphatic rings. The van der Waals surface area contributed by atoms with Gasteiger partial charge in [-0.1, -0.05) is 60.7 Å². The Labute approximate surface area is 192 Å². The van der Waals surface area contributed by atoms with Crippen LogP contribution in [-0.4, -0.2) is 29.5 Å².